The van der Waals surface area contributed by atoms with Gasteiger partial charge in [0.05, 0.1) is 17.6 Å². The topological polar surface area (TPSA) is 44.0 Å². The van der Waals surface area contributed by atoms with Crippen molar-refractivity contribution in [3.05, 3.63) is 0 Å². The molecule has 15 heavy (non-hydrogen) atoms. The lowest BCUT2D eigenvalue weighted by Gasteiger charge is -2.41. The van der Waals surface area contributed by atoms with E-state index in [1.54, 1.807) is 0 Å². The lowest BCUT2D eigenvalue weighted by molar-refractivity contribution is -0.00322. The van der Waals surface area contributed by atoms with Crippen molar-refractivity contribution < 1.29 is 5.11 Å². The SMILES string of the molecule is CC(C)[C@H]1CC[C@H]2[C@@H](O)CCC[C@]12C#N. The zero-order valence-electron chi connectivity index (χ0n) is 9.74. The fourth-order valence-electron chi connectivity index (χ4n) is 4.01. The van der Waals surface area contributed by atoms with Gasteiger partial charge in [-0.1, -0.05) is 13.8 Å². The number of nitriles is 1. The fraction of sp³-hybridized carbons (Fsp3) is 0.923. The normalized spacial score (nSPS) is 45.1. The summed E-state index contributed by atoms with van der Waals surface area (Å²) in [6.45, 7) is 4.43. The first-order chi connectivity index (χ1) is 7.12. The summed E-state index contributed by atoms with van der Waals surface area (Å²) in [6, 6.07) is 2.58. The third kappa shape index (κ3) is 1.49. The minimum Gasteiger partial charge on any atom is -0.393 e. The number of aliphatic hydroxyl groups is 1. The van der Waals surface area contributed by atoms with Gasteiger partial charge >= 0.3 is 0 Å². The first-order valence-electron chi connectivity index (χ1n) is 6.21. The second kappa shape index (κ2) is 3.79. The van der Waals surface area contributed by atoms with Crippen LogP contribution in [0, 0.1) is 34.5 Å². The number of aliphatic hydroxyl groups excluding tert-OH is 1. The predicted octanol–water partition coefficient (Wildman–Crippen LogP) is 2.72. The molecule has 0 spiro atoms. The molecule has 0 aromatic rings. The summed E-state index contributed by atoms with van der Waals surface area (Å²) in [5.41, 5.74) is -0.203. The molecule has 0 aliphatic heterocycles. The Kier molecular flexibility index (Phi) is 2.77. The molecule has 4 atom stereocenters. The van der Waals surface area contributed by atoms with Crippen LogP contribution < -0.4 is 0 Å². The zero-order chi connectivity index (χ0) is 11.1. The van der Waals surface area contributed by atoms with Crippen LogP contribution in [0.2, 0.25) is 0 Å². The minimum atomic E-state index is -0.220. The van der Waals surface area contributed by atoms with Crippen molar-refractivity contribution in [3.8, 4) is 6.07 Å². The van der Waals surface area contributed by atoms with E-state index in [1.807, 2.05) is 0 Å². The highest BCUT2D eigenvalue weighted by atomic mass is 16.3. The van der Waals surface area contributed by atoms with Crippen molar-refractivity contribution in [3.63, 3.8) is 0 Å². The van der Waals surface area contributed by atoms with E-state index in [4.69, 9.17) is 0 Å². The Labute approximate surface area is 92.3 Å². The highest BCUT2D eigenvalue weighted by Crippen LogP contribution is 2.57. The molecule has 0 aromatic carbocycles. The maximum absolute atomic E-state index is 10.0. The van der Waals surface area contributed by atoms with Gasteiger partial charge in [0, 0.05) is 5.92 Å². The fourth-order valence-corrected chi connectivity index (χ4v) is 4.01. The molecule has 2 aliphatic rings. The van der Waals surface area contributed by atoms with Gasteiger partial charge in [0.25, 0.3) is 0 Å². The average Bonchev–Trinajstić information content (AvgIpc) is 2.59. The Morgan fingerprint density at radius 2 is 2.07 bits per heavy atom. The molecule has 0 aromatic heterocycles. The molecule has 0 radical (unpaired) electrons. The first kappa shape index (κ1) is 11.0. The van der Waals surface area contributed by atoms with E-state index in [9.17, 15) is 10.4 Å². The number of hydrogen-bond donors (Lipinski definition) is 1. The molecule has 0 bridgehead atoms. The molecule has 2 nitrogen and oxygen atoms in total. The number of fused-ring (bicyclic) bond motifs is 1. The largest absolute Gasteiger partial charge is 0.393 e. The van der Waals surface area contributed by atoms with E-state index in [-0.39, 0.29) is 17.4 Å². The van der Waals surface area contributed by atoms with Crippen LogP contribution in [-0.4, -0.2) is 11.2 Å². The highest BCUT2D eigenvalue weighted by molar-refractivity contribution is 5.14. The van der Waals surface area contributed by atoms with Crippen molar-refractivity contribution >= 4 is 0 Å². The van der Waals surface area contributed by atoms with Crippen LogP contribution in [0.4, 0.5) is 0 Å². The molecule has 1 N–H and O–H groups in total. The van der Waals surface area contributed by atoms with Gasteiger partial charge in [-0.2, -0.15) is 5.26 Å². The van der Waals surface area contributed by atoms with E-state index in [1.165, 1.54) is 0 Å². The average molecular weight is 207 g/mol. The monoisotopic (exact) mass is 207 g/mol. The molecule has 0 amide bonds. The molecule has 84 valence electrons. The third-order valence-electron chi connectivity index (χ3n) is 4.68. The number of hydrogen-bond acceptors (Lipinski definition) is 2. The lowest BCUT2D eigenvalue weighted by Crippen LogP contribution is -2.42. The Balaban J connectivity index is 2.31. The van der Waals surface area contributed by atoms with Crippen molar-refractivity contribution in [2.24, 2.45) is 23.2 Å². The maximum atomic E-state index is 10.0. The quantitative estimate of drug-likeness (QED) is 0.718. The summed E-state index contributed by atoms with van der Waals surface area (Å²) < 4.78 is 0. The summed E-state index contributed by atoms with van der Waals surface area (Å²) in [6.07, 6.45) is 4.90. The second-order valence-electron chi connectivity index (χ2n) is 5.65. The summed E-state index contributed by atoms with van der Waals surface area (Å²) in [7, 11) is 0. The van der Waals surface area contributed by atoms with E-state index in [2.05, 4.69) is 19.9 Å². The highest BCUT2D eigenvalue weighted by Gasteiger charge is 2.55. The number of nitrogens with zero attached hydrogens (tertiary/aromatic N) is 1. The second-order valence-corrected chi connectivity index (χ2v) is 5.65. The predicted molar refractivity (Wildman–Crippen MR) is 59.0 cm³/mol. The minimum absolute atomic E-state index is 0.203. The van der Waals surface area contributed by atoms with Crippen LogP contribution in [-0.2, 0) is 0 Å². The van der Waals surface area contributed by atoms with Crippen LogP contribution in [0.15, 0.2) is 0 Å². The van der Waals surface area contributed by atoms with Crippen molar-refractivity contribution in [1.29, 1.82) is 5.26 Å². The molecule has 2 saturated carbocycles. The van der Waals surface area contributed by atoms with Gasteiger partial charge in [0.2, 0.25) is 0 Å². The van der Waals surface area contributed by atoms with Crippen molar-refractivity contribution in [1.82, 2.24) is 0 Å². The van der Waals surface area contributed by atoms with Gasteiger partial charge in [0.1, 0.15) is 0 Å². The summed E-state index contributed by atoms with van der Waals surface area (Å²) in [5, 5.41) is 19.6. The van der Waals surface area contributed by atoms with Crippen molar-refractivity contribution in [2.75, 3.05) is 0 Å². The van der Waals surface area contributed by atoms with Crippen LogP contribution in [0.25, 0.3) is 0 Å². The molecule has 2 aliphatic carbocycles. The Bertz CT molecular complexity index is 273. The van der Waals surface area contributed by atoms with Crippen LogP contribution in [0.1, 0.15) is 46.0 Å². The van der Waals surface area contributed by atoms with Crippen LogP contribution in [0.5, 0.6) is 0 Å². The molecular formula is C13H21NO. The van der Waals surface area contributed by atoms with Gasteiger partial charge in [-0.25, -0.2) is 0 Å². The number of rotatable bonds is 1. The Morgan fingerprint density at radius 1 is 1.33 bits per heavy atom. The molecule has 0 unspecified atom stereocenters. The Hall–Kier alpha value is -0.550. The third-order valence-corrected chi connectivity index (χ3v) is 4.68. The van der Waals surface area contributed by atoms with Gasteiger partial charge in [-0.3, -0.25) is 0 Å². The van der Waals surface area contributed by atoms with Crippen LogP contribution >= 0.6 is 0 Å². The smallest absolute Gasteiger partial charge is 0.0696 e. The Morgan fingerprint density at radius 3 is 2.67 bits per heavy atom. The van der Waals surface area contributed by atoms with E-state index < -0.39 is 0 Å². The molecule has 2 fully saturated rings. The van der Waals surface area contributed by atoms with Gasteiger partial charge in [0.15, 0.2) is 0 Å². The van der Waals surface area contributed by atoms with Gasteiger partial charge in [-0.15, -0.1) is 0 Å². The molecule has 0 heterocycles. The molecule has 2 heteroatoms. The molecular weight excluding hydrogens is 186 g/mol. The summed E-state index contributed by atoms with van der Waals surface area (Å²) in [5.74, 6) is 1.33. The van der Waals surface area contributed by atoms with Gasteiger partial charge in [-0.05, 0) is 43.9 Å². The van der Waals surface area contributed by atoms with Crippen molar-refractivity contribution in [2.45, 2.75) is 52.1 Å². The molecule has 2 rings (SSSR count). The lowest BCUT2D eigenvalue weighted by atomic mass is 9.62. The zero-order valence-corrected chi connectivity index (χ0v) is 9.74. The summed E-state index contributed by atoms with van der Waals surface area (Å²) >= 11 is 0. The van der Waals surface area contributed by atoms with E-state index >= 15 is 0 Å². The first-order valence-corrected chi connectivity index (χ1v) is 6.21. The maximum Gasteiger partial charge on any atom is 0.0696 e. The van der Waals surface area contributed by atoms with Gasteiger partial charge < -0.3 is 5.11 Å². The molecule has 0 saturated heterocycles. The van der Waals surface area contributed by atoms with E-state index in [0.717, 1.165) is 32.1 Å². The van der Waals surface area contributed by atoms with E-state index in [0.29, 0.717) is 11.8 Å². The standard InChI is InChI=1S/C13H21NO/c1-9(2)10-5-6-11-12(15)4-3-7-13(10,11)8-14/h9-12,15H,3-7H2,1-2H3/t10-,11+,12+,13+/m1/s1. The summed E-state index contributed by atoms with van der Waals surface area (Å²) in [4.78, 5) is 0. The van der Waals surface area contributed by atoms with Crippen LogP contribution in [0.3, 0.4) is 0 Å².